The average Bonchev–Trinajstić information content (AvgIpc) is 3.09. The lowest BCUT2D eigenvalue weighted by Crippen LogP contribution is -2.45. The Morgan fingerprint density at radius 1 is 1.20 bits per heavy atom. The Kier molecular flexibility index (Phi) is 3.92. The summed E-state index contributed by atoms with van der Waals surface area (Å²) in [4.78, 5) is 24.9. The Bertz CT molecular complexity index is 767. The Balaban J connectivity index is 1.44. The van der Waals surface area contributed by atoms with Gasteiger partial charge in [0.15, 0.2) is 0 Å². The van der Waals surface area contributed by atoms with Crippen LogP contribution in [0.15, 0.2) is 24.8 Å². The number of nitrogens with zero attached hydrogens (tertiary/aromatic N) is 3. The molecule has 2 aromatic heterocycles. The first-order valence-electron chi connectivity index (χ1n) is 8.75. The quantitative estimate of drug-likeness (QED) is 0.897. The predicted molar refractivity (Wildman–Crippen MR) is 96.6 cm³/mol. The van der Waals surface area contributed by atoms with Gasteiger partial charge in [-0.15, -0.1) is 11.3 Å². The van der Waals surface area contributed by atoms with Gasteiger partial charge in [0, 0.05) is 35.9 Å². The zero-order chi connectivity index (χ0) is 17.7. The van der Waals surface area contributed by atoms with Gasteiger partial charge in [-0.25, -0.2) is 9.97 Å². The molecule has 3 heterocycles. The molecular weight excluding hydrogens is 334 g/mol. The van der Waals surface area contributed by atoms with E-state index < -0.39 is 5.60 Å². The summed E-state index contributed by atoms with van der Waals surface area (Å²) in [7, 11) is 0. The summed E-state index contributed by atoms with van der Waals surface area (Å²) in [5.74, 6) is 0.101. The number of piperidine rings is 1. The molecule has 1 amide bonds. The molecule has 0 radical (unpaired) electrons. The maximum absolute atomic E-state index is 12.8. The van der Waals surface area contributed by atoms with Crippen molar-refractivity contribution in [2.45, 2.75) is 45.1 Å². The van der Waals surface area contributed by atoms with E-state index in [9.17, 15) is 9.90 Å². The molecule has 1 N–H and O–H groups in total. The molecule has 1 saturated heterocycles. The van der Waals surface area contributed by atoms with Gasteiger partial charge in [-0.1, -0.05) is 13.8 Å². The third-order valence-electron chi connectivity index (χ3n) is 5.39. The van der Waals surface area contributed by atoms with E-state index in [2.05, 4.69) is 29.9 Å². The summed E-state index contributed by atoms with van der Waals surface area (Å²) in [6.45, 7) is 5.66. The average molecular weight is 357 g/mol. The molecule has 5 nitrogen and oxygen atoms in total. The molecule has 1 aliphatic carbocycles. The maximum atomic E-state index is 12.8. The van der Waals surface area contributed by atoms with Crippen LogP contribution in [0.2, 0.25) is 0 Å². The number of aromatic nitrogens is 2. The van der Waals surface area contributed by atoms with Crippen LogP contribution >= 0.6 is 11.3 Å². The van der Waals surface area contributed by atoms with Crippen molar-refractivity contribution < 1.29 is 9.90 Å². The zero-order valence-corrected chi connectivity index (χ0v) is 15.5. The number of fused-ring (bicyclic) bond motifs is 1. The second-order valence-corrected chi connectivity index (χ2v) is 9.16. The molecule has 2 aliphatic rings. The van der Waals surface area contributed by atoms with Crippen LogP contribution in [-0.4, -0.2) is 39.0 Å². The van der Waals surface area contributed by atoms with Crippen LogP contribution in [0.25, 0.3) is 0 Å². The number of aliphatic hydroxyl groups is 1. The van der Waals surface area contributed by atoms with Crippen LogP contribution in [-0.2, 0) is 18.4 Å². The molecule has 0 spiro atoms. The third kappa shape index (κ3) is 3.09. The lowest BCUT2D eigenvalue weighted by Gasteiger charge is -2.38. The van der Waals surface area contributed by atoms with Crippen molar-refractivity contribution in [3.05, 3.63) is 45.7 Å². The summed E-state index contributed by atoms with van der Waals surface area (Å²) < 4.78 is 0. The molecule has 25 heavy (non-hydrogen) atoms. The first-order valence-corrected chi connectivity index (χ1v) is 9.57. The number of likely N-dealkylation sites (tertiary alicyclic amines) is 1. The van der Waals surface area contributed by atoms with Gasteiger partial charge in [-0.2, -0.15) is 0 Å². The SMILES string of the molecule is CC1(C)Cc2cc(C(=O)N3CCC(O)(c4cncnc4)CC3)sc2C1. The normalized spacial score (nSPS) is 21.2. The van der Waals surface area contributed by atoms with Crippen LogP contribution in [0.5, 0.6) is 0 Å². The number of thiophene rings is 1. The van der Waals surface area contributed by atoms with Crippen LogP contribution < -0.4 is 0 Å². The van der Waals surface area contributed by atoms with Gasteiger partial charge in [0.05, 0.1) is 10.5 Å². The maximum Gasteiger partial charge on any atom is 0.263 e. The summed E-state index contributed by atoms with van der Waals surface area (Å²) >= 11 is 1.65. The van der Waals surface area contributed by atoms with Gasteiger partial charge in [-0.05, 0) is 42.7 Å². The lowest BCUT2D eigenvalue weighted by atomic mass is 9.86. The monoisotopic (exact) mass is 357 g/mol. The topological polar surface area (TPSA) is 66.3 Å². The first kappa shape index (κ1) is 16.7. The predicted octanol–water partition coefficient (Wildman–Crippen LogP) is 2.79. The molecule has 0 unspecified atom stereocenters. The van der Waals surface area contributed by atoms with E-state index >= 15 is 0 Å². The minimum atomic E-state index is -0.931. The van der Waals surface area contributed by atoms with E-state index in [0.717, 1.165) is 23.3 Å². The molecule has 0 aromatic carbocycles. The van der Waals surface area contributed by atoms with Crippen LogP contribution in [0.3, 0.4) is 0 Å². The fourth-order valence-corrected chi connectivity index (χ4v) is 5.36. The van der Waals surface area contributed by atoms with Crippen molar-refractivity contribution in [1.29, 1.82) is 0 Å². The minimum Gasteiger partial charge on any atom is -0.385 e. The molecule has 0 saturated carbocycles. The molecule has 0 bridgehead atoms. The lowest BCUT2D eigenvalue weighted by molar-refractivity contribution is -0.0215. The summed E-state index contributed by atoms with van der Waals surface area (Å²) in [5.41, 5.74) is 1.47. The van der Waals surface area contributed by atoms with E-state index in [1.54, 1.807) is 23.7 Å². The molecule has 132 valence electrons. The number of hydrogen-bond donors (Lipinski definition) is 1. The van der Waals surface area contributed by atoms with Gasteiger partial charge in [0.25, 0.3) is 5.91 Å². The smallest absolute Gasteiger partial charge is 0.263 e. The Labute approximate surface area is 151 Å². The van der Waals surface area contributed by atoms with E-state index in [1.807, 2.05) is 4.90 Å². The second kappa shape index (κ2) is 5.88. The molecule has 1 fully saturated rings. The summed E-state index contributed by atoms with van der Waals surface area (Å²) in [6.07, 6.45) is 7.94. The summed E-state index contributed by atoms with van der Waals surface area (Å²) in [5, 5.41) is 10.9. The third-order valence-corrected chi connectivity index (χ3v) is 6.56. The Morgan fingerprint density at radius 2 is 1.88 bits per heavy atom. The van der Waals surface area contributed by atoms with Crippen molar-refractivity contribution in [3.63, 3.8) is 0 Å². The van der Waals surface area contributed by atoms with Gasteiger partial charge in [-0.3, -0.25) is 4.79 Å². The Hall–Kier alpha value is -1.79. The van der Waals surface area contributed by atoms with Crippen molar-refractivity contribution in [3.8, 4) is 0 Å². The standard InChI is InChI=1S/C19H23N3O2S/c1-18(2)8-13-7-15(25-16(13)9-18)17(23)22-5-3-19(24,4-6-22)14-10-20-12-21-11-14/h7,10-12,24H,3-6,8-9H2,1-2H3. The van der Waals surface area contributed by atoms with E-state index in [-0.39, 0.29) is 5.91 Å². The fraction of sp³-hybridized carbons (Fsp3) is 0.526. The van der Waals surface area contributed by atoms with Crippen molar-refractivity contribution in [2.75, 3.05) is 13.1 Å². The van der Waals surface area contributed by atoms with E-state index in [0.29, 0.717) is 31.3 Å². The van der Waals surface area contributed by atoms with Gasteiger partial charge >= 0.3 is 0 Å². The van der Waals surface area contributed by atoms with Gasteiger partial charge in [0.2, 0.25) is 0 Å². The van der Waals surface area contributed by atoms with Crippen molar-refractivity contribution >= 4 is 17.2 Å². The molecule has 1 aliphatic heterocycles. The Morgan fingerprint density at radius 3 is 2.52 bits per heavy atom. The molecular formula is C19H23N3O2S. The highest BCUT2D eigenvalue weighted by atomic mass is 32.1. The highest BCUT2D eigenvalue weighted by Gasteiger charge is 2.37. The molecule has 4 rings (SSSR count). The second-order valence-electron chi connectivity index (χ2n) is 8.03. The number of rotatable bonds is 2. The van der Waals surface area contributed by atoms with Crippen LogP contribution in [0, 0.1) is 5.41 Å². The summed E-state index contributed by atoms with van der Waals surface area (Å²) in [6, 6.07) is 2.09. The molecule has 2 aromatic rings. The zero-order valence-electron chi connectivity index (χ0n) is 14.7. The van der Waals surface area contributed by atoms with Crippen LogP contribution in [0.1, 0.15) is 52.4 Å². The molecule has 0 atom stereocenters. The van der Waals surface area contributed by atoms with Crippen molar-refractivity contribution in [2.24, 2.45) is 5.41 Å². The fourth-order valence-electron chi connectivity index (χ4n) is 3.95. The van der Waals surface area contributed by atoms with Gasteiger partial charge < -0.3 is 10.0 Å². The highest BCUT2D eigenvalue weighted by Crippen LogP contribution is 2.41. The number of hydrogen-bond acceptors (Lipinski definition) is 5. The number of carbonyl (C=O) groups is 1. The number of carbonyl (C=O) groups excluding carboxylic acids is 1. The largest absolute Gasteiger partial charge is 0.385 e. The highest BCUT2D eigenvalue weighted by molar-refractivity contribution is 7.14. The van der Waals surface area contributed by atoms with E-state index in [4.69, 9.17) is 0 Å². The first-order chi connectivity index (χ1) is 11.9. The van der Waals surface area contributed by atoms with Crippen molar-refractivity contribution in [1.82, 2.24) is 14.9 Å². The molecule has 6 heteroatoms. The number of amides is 1. The van der Waals surface area contributed by atoms with Crippen LogP contribution in [0.4, 0.5) is 0 Å². The van der Waals surface area contributed by atoms with E-state index in [1.165, 1.54) is 16.8 Å². The minimum absolute atomic E-state index is 0.101. The van der Waals surface area contributed by atoms with Gasteiger partial charge in [0.1, 0.15) is 6.33 Å².